The lowest BCUT2D eigenvalue weighted by Crippen LogP contribution is -2.63. The molecule has 0 bridgehead atoms. The maximum Gasteiger partial charge on any atom is 0.114 e. The smallest absolute Gasteiger partial charge is 0.114 e. The van der Waals surface area contributed by atoms with Crippen molar-refractivity contribution in [1.29, 1.82) is 0 Å². The summed E-state index contributed by atoms with van der Waals surface area (Å²) in [7, 11) is 0. The molecule has 0 aromatic rings. The Bertz CT molecular complexity index is 713. The fourth-order valence-corrected chi connectivity index (χ4v) is 9.45. The van der Waals surface area contributed by atoms with E-state index in [-0.39, 0.29) is 29.3 Å². The lowest BCUT2D eigenvalue weighted by molar-refractivity contribution is -0.151. The van der Waals surface area contributed by atoms with E-state index in [1.54, 1.807) is 0 Å². The summed E-state index contributed by atoms with van der Waals surface area (Å²) in [5.74, 6) is 3.11. The van der Waals surface area contributed by atoms with E-state index in [2.05, 4.69) is 40.7 Å². The van der Waals surface area contributed by atoms with Gasteiger partial charge in [-0.1, -0.05) is 32.4 Å². The van der Waals surface area contributed by atoms with Crippen molar-refractivity contribution in [3.63, 3.8) is 0 Å². The SMILES string of the molecule is CC(C)=CCC[C@@H](C)[C@H]1CCC2C3C(O)[C@H]4O[C@]45C[C@@H](O)CC[C@]5(C)C3CC[C@@]21C. The number of hydrogen-bond donors (Lipinski definition) is 2. The number of aliphatic hydroxyl groups is 2. The predicted molar refractivity (Wildman–Crippen MR) is 120 cm³/mol. The highest BCUT2D eigenvalue weighted by Crippen LogP contribution is 2.74. The number of fused-ring (bicyclic) bond motifs is 4. The number of rotatable bonds is 4. The van der Waals surface area contributed by atoms with Gasteiger partial charge in [0, 0.05) is 11.8 Å². The molecular weight excluding hydrogens is 372 g/mol. The molecule has 5 aliphatic rings. The summed E-state index contributed by atoms with van der Waals surface area (Å²) in [4.78, 5) is 0. The van der Waals surface area contributed by atoms with Crippen LogP contribution in [-0.4, -0.2) is 34.1 Å². The second-order valence-corrected chi connectivity index (χ2v) is 12.6. The molecule has 5 fully saturated rings. The molecule has 1 saturated heterocycles. The van der Waals surface area contributed by atoms with E-state index in [0.29, 0.717) is 23.2 Å². The number of ether oxygens (including phenoxy) is 1. The summed E-state index contributed by atoms with van der Waals surface area (Å²) in [6.07, 6.45) is 12.1. The van der Waals surface area contributed by atoms with Crippen LogP contribution in [0.5, 0.6) is 0 Å². The Morgan fingerprint density at radius 3 is 2.57 bits per heavy atom. The van der Waals surface area contributed by atoms with Crippen LogP contribution in [0.3, 0.4) is 0 Å². The largest absolute Gasteiger partial charge is 0.393 e. The van der Waals surface area contributed by atoms with Crippen LogP contribution in [0.2, 0.25) is 0 Å². The van der Waals surface area contributed by atoms with Crippen LogP contribution >= 0.6 is 0 Å². The first-order valence-corrected chi connectivity index (χ1v) is 12.8. The lowest BCUT2D eigenvalue weighted by Gasteiger charge is -2.60. The van der Waals surface area contributed by atoms with Crippen molar-refractivity contribution >= 4 is 0 Å². The Morgan fingerprint density at radius 1 is 1.07 bits per heavy atom. The molecule has 1 heterocycles. The molecule has 4 unspecified atom stereocenters. The summed E-state index contributed by atoms with van der Waals surface area (Å²) in [5, 5.41) is 21.9. The maximum atomic E-state index is 11.5. The Kier molecular flexibility index (Phi) is 5.05. The second kappa shape index (κ2) is 7.06. The summed E-state index contributed by atoms with van der Waals surface area (Å²) >= 11 is 0. The van der Waals surface area contributed by atoms with Gasteiger partial charge < -0.3 is 14.9 Å². The molecule has 3 nitrogen and oxygen atoms in total. The monoisotopic (exact) mass is 416 g/mol. The second-order valence-electron chi connectivity index (χ2n) is 12.6. The Balaban J connectivity index is 1.39. The van der Waals surface area contributed by atoms with E-state index >= 15 is 0 Å². The summed E-state index contributed by atoms with van der Waals surface area (Å²) in [6.45, 7) is 11.9. The van der Waals surface area contributed by atoms with Gasteiger partial charge >= 0.3 is 0 Å². The van der Waals surface area contributed by atoms with E-state index in [4.69, 9.17) is 4.74 Å². The lowest BCUT2D eigenvalue weighted by atomic mass is 9.43. The van der Waals surface area contributed by atoms with Crippen LogP contribution < -0.4 is 0 Å². The van der Waals surface area contributed by atoms with Gasteiger partial charge in [-0.05, 0) is 100 Å². The van der Waals surface area contributed by atoms with Gasteiger partial charge in [0.2, 0.25) is 0 Å². The molecule has 4 saturated carbocycles. The van der Waals surface area contributed by atoms with Crippen molar-refractivity contribution in [3.8, 4) is 0 Å². The van der Waals surface area contributed by atoms with Crippen molar-refractivity contribution in [2.45, 2.75) is 116 Å². The molecule has 4 aliphatic carbocycles. The average Bonchev–Trinajstić information content (AvgIpc) is 3.29. The molecule has 0 amide bonds. The van der Waals surface area contributed by atoms with Crippen LogP contribution in [0.1, 0.15) is 92.4 Å². The minimum atomic E-state index is -0.335. The Hall–Kier alpha value is -0.380. The molecule has 11 atom stereocenters. The van der Waals surface area contributed by atoms with Gasteiger partial charge in [-0.25, -0.2) is 0 Å². The van der Waals surface area contributed by atoms with Crippen molar-refractivity contribution < 1.29 is 14.9 Å². The molecule has 3 heteroatoms. The number of hydrogen-bond acceptors (Lipinski definition) is 3. The van der Waals surface area contributed by atoms with Gasteiger partial charge in [-0.3, -0.25) is 0 Å². The highest BCUT2D eigenvalue weighted by Gasteiger charge is 2.79. The zero-order chi connectivity index (χ0) is 21.5. The average molecular weight is 417 g/mol. The first kappa shape index (κ1) is 21.5. The Labute approximate surface area is 183 Å². The van der Waals surface area contributed by atoms with E-state index in [1.165, 1.54) is 44.1 Å². The topological polar surface area (TPSA) is 53.0 Å². The third-order valence-electron chi connectivity index (χ3n) is 11.0. The quantitative estimate of drug-likeness (QED) is 0.470. The molecule has 1 aliphatic heterocycles. The van der Waals surface area contributed by atoms with Gasteiger partial charge in [-0.15, -0.1) is 0 Å². The molecule has 30 heavy (non-hydrogen) atoms. The van der Waals surface area contributed by atoms with Crippen LogP contribution in [0, 0.1) is 40.4 Å². The molecular formula is C27H44O3. The fourth-order valence-electron chi connectivity index (χ4n) is 9.45. The van der Waals surface area contributed by atoms with Gasteiger partial charge in [0.15, 0.2) is 0 Å². The normalized spacial score (nSPS) is 55.0. The number of aliphatic hydroxyl groups excluding tert-OH is 2. The predicted octanol–water partition coefficient (Wildman–Crippen LogP) is 5.49. The standard InChI is InChI=1S/C27H44O3/c1-16(2)7-6-8-17(3)19-9-10-20-22-21(12-13-25(19,20)4)26(5)14-11-18(28)15-27(26)24(30-27)23(22)29/h7,17-24,28-29H,6,8-15H2,1-5H3/t17-,18+,19-,20?,21?,22?,23?,24-,25-,26-,27-/m1/s1. The molecule has 0 aromatic carbocycles. The van der Waals surface area contributed by atoms with Gasteiger partial charge in [0.25, 0.3) is 0 Å². The van der Waals surface area contributed by atoms with E-state index in [1.807, 2.05) is 0 Å². The fraction of sp³-hybridized carbons (Fsp3) is 0.926. The first-order chi connectivity index (χ1) is 14.1. The van der Waals surface area contributed by atoms with Crippen molar-refractivity contribution in [1.82, 2.24) is 0 Å². The summed E-state index contributed by atoms with van der Waals surface area (Å²) in [6, 6.07) is 0. The zero-order valence-electron chi connectivity index (χ0n) is 19.9. The number of epoxide rings is 1. The zero-order valence-corrected chi connectivity index (χ0v) is 19.9. The summed E-state index contributed by atoms with van der Waals surface area (Å²) < 4.78 is 6.36. The van der Waals surface area contributed by atoms with Crippen molar-refractivity contribution in [3.05, 3.63) is 11.6 Å². The third kappa shape index (κ3) is 2.80. The third-order valence-corrected chi connectivity index (χ3v) is 11.0. The maximum absolute atomic E-state index is 11.5. The minimum absolute atomic E-state index is 0.0322. The molecule has 1 spiro atoms. The van der Waals surface area contributed by atoms with Gasteiger partial charge in [0.1, 0.15) is 11.7 Å². The van der Waals surface area contributed by atoms with Crippen LogP contribution in [-0.2, 0) is 4.74 Å². The molecule has 0 aromatic heterocycles. The van der Waals surface area contributed by atoms with Crippen molar-refractivity contribution in [2.75, 3.05) is 0 Å². The highest BCUT2D eigenvalue weighted by atomic mass is 16.6. The van der Waals surface area contributed by atoms with Gasteiger partial charge in [0.05, 0.1) is 12.2 Å². The first-order valence-electron chi connectivity index (χ1n) is 12.8. The minimum Gasteiger partial charge on any atom is -0.393 e. The molecule has 2 N–H and O–H groups in total. The Morgan fingerprint density at radius 2 is 1.83 bits per heavy atom. The molecule has 170 valence electrons. The number of allylic oxidation sites excluding steroid dienone is 2. The van der Waals surface area contributed by atoms with Crippen LogP contribution in [0.25, 0.3) is 0 Å². The van der Waals surface area contributed by atoms with Crippen LogP contribution in [0.15, 0.2) is 11.6 Å². The van der Waals surface area contributed by atoms with Gasteiger partial charge in [-0.2, -0.15) is 0 Å². The van der Waals surface area contributed by atoms with Crippen molar-refractivity contribution in [2.24, 2.45) is 40.4 Å². The summed E-state index contributed by atoms with van der Waals surface area (Å²) in [5.41, 5.74) is 1.69. The highest BCUT2D eigenvalue weighted by molar-refractivity contribution is 5.27. The van der Waals surface area contributed by atoms with E-state index in [9.17, 15) is 10.2 Å². The molecule has 5 rings (SSSR count). The van der Waals surface area contributed by atoms with E-state index in [0.717, 1.165) is 31.1 Å². The van der Waals surface area contributed by atoms with Crippen LogP contribution in [0.4, 0.5) is 0 Å². The molecule has 0 radical (unpaired) electrons. The van der Waals surface area contributed by atoms with E-state index < -0.39 is 0 Å².